The Balaban J connectivity index is 1.48. The van der Waals surface area contributed by atoms with Crippen molar-refractivity contribution in [1.82, 2.24) is 0 Å². The van der Waals surface area contributed by atoms with E-state index in [1.807, 2.05) is 24.3 Å². The molecule has 6 nitrogen and oxygen atoms in total. The number of nitro benzene ring substituents is 1. The van der Waals surface area contributed by atoms with Gasteiger partial charge in [-0.2, -0.15) is 0 Å². The number of rotatable bonds is 4. The summed E-state index contributed by atoms with van der Waals surface area (Å²) in [7, 11) is 0. The Labute approximate surface area is 150 Å². The lowest BCUT2D eigenvalue weighted by molar-refractivity contribution is -0.384. The third kappa shape index (κ3) is 3.18. The van der Waals surface area contributed by atoms with Gasteiger partial charge in [0.15, 0.2) is 5.78 Å². The van der Waals surface area contributed by atoms with E-state index in [1.165, 1.54) is 12.1 Å². The molecule has 0 N–H and O–H groups in total. The Morgan fingerprint density at radius 1 is 1.19 bits per heavy atom. The third-order valence-corrected chi connectivity index (χ3v) is 4.66. The van der Waals surface area contributed by atoms with Crippen molar-refractivity contribution in [1.29, 1.82) is 0 Å². The molecule has 1 aliphatic carbocycles. The Hall–Kier alpha value is -3.15. The molecule has 1 unspecified atom stereocenters. The van der Waals surface area contributed by atoms with Crippen molar-refractivity contribution in [2.24, 2.45) is 0 Å². The summed E-state index contributed by atoms with van der Waals surface area (Å²) in [6, 6.07) is 11.8. The molecule has 6 heteroatoms. The zero-order valence-electron chi connectivity index (χ0n) is 14.0. The predicted octanol–water partition coefficient (Wildman–Crippen LogP) is 4.07. The van der Waals surface area contributed by atoms with E-state index in [0.29, 0.717) is 18.8 Å². The third-order valence-electron chi connectivity index (χ3n) is 4.66. The number of nitrogens with zero attached hydrogens (tertiary/aromatic N) is 1. The summed E-state index contributed by atoms with van der Waals surface area (Å²) in [5.74, 6) is 1.54. The van der Waals surface area contributed by atoms with Gasteiger partial charge < -0.3 is 9.47 Å². The second-order valence-electron chi connectivity index (χ2n) is 6.43. The van der Waals surface area contributed by atoms with E-state index in [2.05, 4.69) is 0 Å². The molecule has 1 heterocycles. The first-order valence-electron chi connectivity index (χ1n) is 8.52. The van der Waals surface area contributed by atoms with Crippen LogP contribution in [0.2, 0.25) is 0 Å². The van der Waals surface area contributed by atoms with Gasteiger partial charge >= 0.3 is 0 Å². The first-order chi connectivity index (χ1) is 12.6. The molecule has 132 valence electrons. The van der Waals surface area contributed by atoms with Crippen LogP contribution in [0.1, 0.15) is 30.4 Å². The second kappa shape index (κ2) is 6.63. The van der Waals surface area contributed by atoms with Crippen molar-refractivity contribution < 1.29 is 19.2 Å². The number of hydrogen-bond acceptors (Lipinski definition) is 5. The molecule has 1 fully saturated rings. The Morgan fingerprint density at radius 2 is 2.00 bits per heavy atom. The molecule has 1 aliphatic heterocycles. The summed E-state index contributed by atoms with van der Waals surface area (Å²) in [6.07, 6.45) is 4.06. The fourth-order valence-corrected chi connectivity index (χ4v) is 3.25. The maximum atomic E-state index is 12.0. The number of ketones is 1. The Bertz CT molecular complexity index is 901. The van der Waals surface area contributed by atoms with Gasteiger partial charge in [-0.25, -0.2) is 0 Å². The summed E-state index contributed by atoms with van der Waals surface area (Å²) >= 11 is 0. The lowest BCUT2D eigenvalue weighted by Gasteiger charge is -2.30. The summed E-state index contributed by atoms with van der Waals surface area (Å²) in [6.45, 7) is 0.305. The molecular formula is C20H17NO5. The molecule has 1 saturated carbocycles. The molecule has 0 bridgehead atoms. The van der Waals surface area contributed by atoms with E-state index in [-0.39, 0.29) is 17.6 Å². The molecule has 0 spiro atoms. The average Bonchev–Trinajstić information content (AvgIpc) is 2.65. The fourth-order valence-electron chi connectivity index (χ4n) is 3.25. The molecule has 2 aliphatic rings. The maximum Gasteiger partial charge on any atom is 0.269 e. The van der Waals surface area contributed by atoms with Crippen molar-refractivity contribution >= 4 is 17.5 Å². The first kappa shape index (κ1) is 16.3. The Morgan fingerprint density at radius 3 is 2.77 bits per heavy atom. The van der Waals surface area contributed by atoms with Gasteiger partial charge in [-0.3, -0.25) is 14.9 Å². The van der Waals surface area contributed by atoms with E-state index >= 15 is 0 Å². The van der Waals surface area contributed by atoms with Gasteiger partial charge in [0.05, 0.1) is 4.92 Å². The van der Waals surface area contributed by atoms with Crippen LogP contribution in [-0.2, 0) is 11.4 Å². The highest BCUT2D eigenvalue weighted by Crippen LogP contribution is 2.37. The largest absolute Gasteiger partial charge is 0.489 e. The molecule has 0 saturated heterocycles. The monoisotopic (exact) mass is 351 g/mol. The molecule has 1 atom stereocenters. The van der Waals surface area contributed by atoms with E-state index in [0.717, 1.165) is 35.3 Å². The molecule has 2 aromatic carbocycles. The number of Topliss-reactive ketones (excluding diaryl/α,β-unsaturated/α-hetero) is 1. The lowest BCUT2D eigenvalue weighted by atomic mass is 9.87. The summed E-state index contributed by atoms with van der Waals surface area (Å²) in [5.41, 5.74) is 2.55. The van der Waals surface area contributed by atoms with Crippen LogP contribution in [0.4, 0.5) is 5.69 Å². The Kier molecular flexibility index (Phi) is 4.16. The molecule has 2 aromatic rings. The SMILES string of the molecule is O=C1CCCC2Oc3cc(OCc4ccc([N+](=O)[O-])cc4)ccc3C=C12. The van der Waals surface area contributed by atoms with Crippen molar-refractivity contribution in [2.45, 2.75) is 32.0 Å². The van der Waals surface area contributed by atoms with Crippen LogP contribution in [-0.4, -0.2) is 16.8 Å². The van der Waals surface area contributed by atoms with Crippen molar-refractivity contribution in [2.75, 3.05) is 0 Å². The number of benzene rings is 2. The number of non-ortho nitro benzene ring substituents is 1. The summed E-state index contributed by atoms with van der Waals surface area (Å²) < 4.78 is 11.8. The van der Waals surface area contributed by atoms with Gasteiger partial charge in [-0.15, -0.1) is 0 Å². The van der Waals surface area contributed by atoms with Crippen LogP contribution in [0, 0.1) is 10.1 Å². The zero-order chi connectivity index (χ0) is 18.1. The van der Waals surface area contributed by atoms with Crippen LogP contribution in [0.5, 0.6) is 11.5 Å². The van der Waals surface area contributed by atoms with Gasteiger partial charge in [0.1, 0.15) is 24.2 Å². The predicted molar refractivity (Wildman–Crippen MR) is 95.1 cm³/mol. The van der Waals surface area contributed by atoms with E-state index in [1.54, 1.807) is 12.1 Å². The minimum atomic E-state index is -0.427. The van der Waals surface area contributed by atoms with E-state index < -0.39 is 4.92 Å². The zero-order valence-corrected chi connectivity index (χ0v) is 14.0. The molecule has 0 radical (unpaired) electrons. The van der Waals surface area contributed by atoms with Gasteiger partial charge in [0.25, 0.3) is 5.69 Å². The van der Waals surface area contributed by atoms with E-state index in [9.17, 15) is 14.9 Å². The first-order valence-corrected chi connectivity index (χ1v) is 8.52. The fraction of sp³-hybridized carbons (Fsp3) is 0.250. The van der Waals surface area contributed by atoms with Gasteiger partial charge in [0, 0.05) is 35.8 Å². The molecule has 0 aromatic heterocycles. The minimum absolute atomic E-state index is 0.0561. The van der Waals surface area contributed by atoms with Crippen LogP contribution in [0.25, 0.3) is 6.08 Å². The molecular weight excluding hydrogens is 334 g/mol. The van der Waals surface area contributed by atoms with Crippen LogP contribution in [0.3, 0.4) is 0 Å². The maximum absolute atomic E-state index is 12.0. The lowest BCUT2D eigenvalue weighted by Crippen LogP contribution is -2.31. The highest BCUT2D eigenvalue weighted by molar-refractivity contribution is 6.02. The smallest absolute Gasteiger partial charge is 0.269 e. The highest BCUT2D eigenvalue weighted by Gasteiger charge is 2.30. The van der Waals surface area contributed by atoms with Crippen molar-refractivity contribution in [3.8, 4) is 11.5 Å². The highest BCUT2D eigenvalue weighted by atomic mass is 16.6. The summed E-state index contributed by atoms with van der Waals surface area (Å²) in [4.78, 5) is 22.3. The van der Waals surface area contributed by atoms with Crippen molar-refractivity contribution in [3.63, 3.8) is 0 Å². The normalized spacial score (nSPS) is 18.2. The van der Waals surface area contributed by atoms with Crippen LogP contribution >= 0.6 is 0 Å². The average molecular weight is 351 g/mol. The van der Waals surface area contributed by atoms with Crippen LogP contribution < -0.4 is 9.47 Å². The number of nitro groups is 1. The molecule has 0 amide bonds. The number of ether oxygens (including phenoxy) is 2. The molecule has 4 rings (SSSR count). The number of carbonyl (C=O) groups is 1. The summed E-state index contributed by atoms with van der Waals surface area (Å²) in [5, 5.41) is 10.7. The number of hydrogen-bond donors (Lipinski definition) is 0. The topological polar surface area (TPSA) is 78.7 Å². The number of carbonyl (C=O) groups excluding carboxylic acids is 1. The second-order valence-corrected chi connectivity index (χ2v) is 6.43. The number of fused-ring (bicyclic) bond motifs is 2. The standard InChI is InChI=1S/C20H17NO5/c22-18-2-1-3-19-17(18)10-14-6-9-16(11-20(14)26-19)25-12-13-4-7-15(8-5-13)21(23)24/h4-11,19H,1-3,12H2. The van der Waals surface area contributed by atoms with Gasteiger partial charge in [0.2, 0.25) is 0 Å². The van der Waals surface area contributed by atoms with E-state index in [4.69, 9.17) is 9.47 Å². The van der Waals surface area contributed by atoms with Gasteiger partial charge in [-0.05, 0) is 48.7 Å². The van der Waals surface area contributed by atoms with Crippen LogP contribution in [0.15, 0.2) is 48.0 Å². The molecule has 26 heavy (non-hydrogen) atoms. The quantitative estimate of drug-likeness (QED) is 0.613. The van der Waals surface area contributed by atoms with Crippen molar-refractivity contribution in [3.05, 3.63) is 69.3 Å². The minimum Gasteiger partial charge on any atom is -0.489 e. The van der Waals surface area contributed by atoms with Gasteiger partial charge in [-0.1, -0.05) is 0 Å².